The molecule has 0 saturated heterocycles. The monoisotopic (exact) mass is 727 g/mol. The predicted molar refractivity (Wildman–Crippen MR) is 235 cm³/mol. The minimum Gasteiger partial charge on any atom is -0.455 e. The van der Waals surface area contributed by atoms with E-state index >= 15 is 0 Å². The van der Waals surface area contributed by atoms with Crippen molar-refractivity contribution < 1.29 is 4.42 Å². The lowest BCUT2D eigenvalue weighted by molar-refractivity contribution is 0.672. The average molecular weight is 728 g/mol. The molecule has 0 aliphatic rings. The summed E-state index contributed by atoms with van der Waals surface area (Å²) in [5.41, 5.74) is 13.9. The Morgan fingerprint density at radius 1 is 0.351 bits per heavy atom. The zero-order valence-electron chi connectivity index (χ0n) is 30.8. The summed E-state index contributed by atoms with van der Waals surface area (Å²) in [4.78, 5) is 15.6. The average Bonchev–Trinajstić information content (AvgIpc) is 3.69. The molecule has 57 heavy (non-hydrogen) atoms. The van der Waals surface area contributed by atoms with Crippen LogP contribution in [0.15, 0.2) is 205 Å². The van der Waals surface area contributed by atoms with E-state index in [9.17, 15) is 0 Å². The minimum atomic E-state index is 0.693. The standard InChI is InChI=1S/C53H33N3O/c1-3-12-34(13-4-1)35-22-26-38(27-23-35)46-33-47(56-53(55-46)40-15-5-2-6-16-40)39-28-24-36(25-29-39)41-30-31-44-48(32-41)54-51(43-20-11-17-37-14-7-8-18-42(37)43)50-45-19-9-10-21-49(45)57-52(44)50/h1-33H. The summed E-state index contributed by atoms with van der Waals surface area (Å²) in [6, 6.07) is 69.6. The second-order valence-corrected chi connectivity index (χ2v) is 14.4. The summed E-state index contributed by atoms with van der Waals surface area (Å²) in [5, 5.41) is 5.44. The van der Waals surface area contributed by atoms with E-state index in [4.69, 9.17) is 19.4 Å². The first-order valence-electron chi connectivity index (χ1n) is 19.2. The van der Waals surface area contributed by atoms with Crippen LogP contribution in [0.5, 0.6) is 0 Å². The van der Waals surface area contributed by atoms with Crippen molar-refractivity contribution in [2.75, 3.05) is 0 Å². The summed E-state index contributed by atoms with van der Waals surface area (Å²) in [6.45, 7) is 0. The number of nitrogens with zero attached hydrogens (tertiary/aromatic N) is 3. The Morgan fingerprint density at radius 3 is 1.61 bits per heavy atom. The van der Waals surface area contributed by atoms with E-state index in [0.29, 0.717) is 5.82 Å². The molecule has 0 atom stereocenters. The molecule has 8 aromatic carbocycles. The van der Waals surface area contributed by atoms with Crippen LogP contribution >= 0.6 is 0 Å². The fourth-order valence-electron chi connectivity index (χ4n) is 8.03. The lowest BCUT2D eigenvalue weighted by Gasteiger charge is -2.12. The molecule has 3 aromatic heterocycles. The van der Waals surface area contributed by atoms with Gasteiger partial charge in [-0.2, -0.15) is 0 Å². The van der Waals surface area contributed by atoms with Crippen LogP contribution in [-0.4, -0.2) is 15.0 Å². The van der Waals surface area contributed by atoms with Crippen LogP contribution in [0.4, 0.5) is 0 Å². The van der Waals surface area contributed by atoms with Crippen LogP contribution in [-0.2, 0) is 0 Å². The molecule has 0 amide bonds. The van der Waals surface area contributed by atoms with E-state index in [-0.39, 0.29) is 0 Å². The molecule has 0 N–H and O–H groups in total. The molecule has 0 spiro atoms. The van der Waals surface area contributed by atoms with Crippen molar-refractivity contribution in [3.05, 3.63) is 200 Å². The summed E-state index contributed by atoms with van der Waals surface area (Å²) in [5.74, 6) is 0.693. The fraction of sp³-hybridized carbons (Fsp3) is 0. The molecule has 0 radical (unpaired) electrons. The number of rotatable bonds is 6. The van der Waals surface area contributed by atoms with Crippen LogP contribution in [0.2, 0.25) is 0 Å². The lowest BCUT2D eigenvalue weighted by atomic mass is 9.96. The molecular weight excluding hydrogens is 695 g/mol. The van der Waals surface area contributed by atoms with Crippen LogP contribution in [0.3, 0.4) is 0 Å². The quantitative estimate of drug-likeness (QED) is 0.171. The van der Waals surface area contributed by atoms with Gasteiger partial charge in [0.1, 0.15) is 11.2 Å². The highest BCUT2D eigenvalue weighted by Gasteiger charge is 2.20. The summed E-state index contributed by atoms with van der Waals surface area (Å²) >= 11 is 0. The third-order valence-electron chi connectivity index (χ3n) is 10.9. The first kappa shape index (κ1) is 32.7. The second kappa shape index (κ2) is 13.6. The highest BCUT2D eigenvalue weighted by molar-refractivity contribution is 6.21. The van der Waals surface area contributed by atoms with E-state index in [1.54, 1.807) is 0 Å². The molecular formula is C53H33N3O. The maximum atomic E-state index is 6.61. The lowest BCUT2D eigenvalue weighted by Crippen LogP contribution is -1.96. The molecule has 11 rings (SSSR count). The molecule has 0 bridgehead atoms. The molecule has 0 unspecified atom stereocenters. The van der Waals surface area contributed by atoms with Gasteiger partial charge < -0.3 is 4.42 Å². The van der Waals surface area contributed by atoms with Crippen molar-refractivity contribution in [3.8, 4) is 67.4 Å². The van der Waals surface area contributed by atoms with Gasteiger partial charge in [0, 0.05) is 33.0 Å². The molecule has 11 aromatic rings. The Kier molecular flexibility index (Phi) is 7.78. The van der Waals surface area contributed by atoms with Gasteiger partial charge in [-0.05, 0) is 57.3 Å². The molecule has 3 heterocycles. The van der Waals surface area contributed by atoms with Crippen LogP contribution in [0.25, 0.3) is 111 Å². The number of aromatic nitrogens is 3. The largest absolute Gasteiger partial charge is 0.455 e. The number of hydrogen-bond acceptors (Lipinski definition) is 4. The zero-order chi connectivity index (χ0) is 37.7. The molecule has 0 fully saturated rings. The number of pyridine rings is 1. The highest BCUT2D eigenvalue weighted by atomic mass is 16.3. The molecule has 0 saturated carbocycles. The number of hydrogen-bond donors (Lipinski definition) is 0. The SMILES string of the molecule is c1ccc(-c2ccc(-c3cc(-c4ccc(-c5ccc6c(c5)nc(-c5cccc7ccccc57)c5c7ccccc7oc65)cc4)nc(-c4ccccc4)n3)cc2)cc1. The van der Waals surface area contributed by atoms with Crippen LogP contribution in [0, 0.1) is 0 Å². The van der Waals surface area contributed by atoms with E-state index in [1.807, 2.05) is 36.4 Å². The van der Waals surface area contributed by atoms with Crippen LogP contribution < -0.4 is 0 Å². The Labute approximate surface area is 329 Å². The smallest absolute Gasteiger partial charge is 0.160 e. The molecule has 266 valence electrons. The zero-order valence-corrected chi connectivity index (χ0v) is 30.8. The van der Waals surface area contributed by atoms with Crippen molar-refractivity contribution in [2.45, 2.75) is 0 Å². The van der Waals surface area contributed by atoms with Gasteiger partial charge in [0.25, 0.3) is 0 Å². The van der Waals surface area contributed by atoms with Gasteiger partial charge in [0.05, 0.1) is 28.0 Å². The van der Waals surface area contributed by atoms with Gasteiger partial charge in [-0.1, -0.05) is 176 Å². The van der Waals surface area contributed by atoms with Gasteiger partial charge in [-0.25, -0.2) is 15.0 Å². The van der Waals surface area contributed by atoms with Crippen molar-refractivity contribution >= 4 is 43.6 Å². The van der Waals surface area contributed by atoms with Crippen LogP contribution in [0.1, 0.15) is 0 Å². The summed E-state index contributed by atoms with van der Waals surface area (Å²) in [7, 11) is 0. The van der Waals surface area contributed by atoms with Gasteiger partial charge in [-0.3, -0.25) is 0 Å². The van der Waals surface area contributed by atoms with E-state index < -0.39 is 0 Å². The molecule has 4 nitrogen and oxygen atoms in total. The summed E-state index contributed by atoms with van der Waals surface area (Å²) in [6.07, 6.45) is 0. The first-order chi connectivity index (χ1) is 28.2. The van der Waals surface area contributed by atoms with Gasteiger partial charge in [0.15, 0.2) is 5.82 Å². The maximum Gasteiger partial charge on any atom is 0.160 e. The number of benzene rings is 8. The van der Waals surface area contributed by atoms with Crippen molar-refractivity contribution in [3.63, 3.8) is 0 Å². The van der Waals surface area contributed by atoms with Gasteiger partial charge in [0.2, 0.25) is 0 Å². The van der Waals surface area contributed by atoms with E-state index in [2.05, 4.69) is 164 Å². The van der Waals surface area contributed by atoms with Gasteiger partial charge in [-0.15, -0.1) is 0 Å². The van der Waals surface area contributed by atoms with E-state index in [0.717, 1.165) is 88.7 Å². The summed E-state index contributed by atoms with van der Waals surface area (Å²) < 4.78 is 6.61. The highest BCUT2D eigenvalue weighted by Crippen LogP contribution is 2.42. The topological polar surface area (TPSA) is 51.8 Å². The molecule has 4 heteroatoms. The third-order valence-corrected chi connectivity index (χ3v) is 10.9. The van der Waals surface area contributed by atoms with Crippen molar-refractivity contribution in [2.24, 2.45) is 0 Å². The second-order valence-electron chi connectivity index (χ2n) is 14.4. The number of fused-ring (bicyclic) bond motifs is 6. The number of furan rings is 1. The Morgan fingerprint density at radius 2 is 0.895 bits per heavy atom. The normalized spacial score (nSPS) is 11.5. The van der Waals surface area contributed by atoms with E-state index in [1.165, 1.54) is 16.5 Å². The maximum absolute atomic E-state index is 6.61. The first-order valence-corrected chi connectivity index (χ1v) is 19.2. The van der Waals surface area contributed by atoms with Gasteiger partial charge >= 0.3 is 0 Å². The Bertz CT molecular complexity index is 3260. The Balaban J connectivity index is 1.00. The van der Waals surface area contributed by atoms with Crippen molar-refractivity contribution in [1.29, 1.82) is 0 Å². The number of para-hydroxylation sites is 1. The van der Waals surface area contributed by atoms with Crippen molar-refractivity contribution in [1.82, 2.24) is 15.0 Å². The minimum absolute atomic E-state index is 0.693. The molecule has 0 aliphatic carbocycles. The fourth-order valence-corrected chi connectivity index (χ4v) is 8.03. The predicted octanol–water partition coefficient (Wildman–Crippen LogP) is 14.1. The third kappa shape index (κ3) is 5.83. The molecule has 0 aliphatic heterocycles. The Hall–Kier alpha value is -7.69.